The average molecular weight is 329 g/mol. The first-order chi connectivity index (χ1) is 9.15. The number of benzene rings is 1. The lowest BCUT2D eigenvalue weighted by Gasteiger charge is -2.22. The fourth-order valence-corrected chi connectivity index (χ4v) is 2.76. The van der Waals surface area contributed by atoms with Gasteiger partial charge in [0.05, 0.1) is 5.69 Å². The van der Waals surface area contributed by atoms with Gasteiger partial charge in [-0.2, -0.15) is 0 Å². The summed E-state index contributed by atoms with van der Waals surface area (Å²) in [6, 6.07) is 4.26. The molecule has 0 aromatic heterocycles. The maximum absolute atomic E-state index is 12.9. The molecule has 1 aliphatic rings. The van der Waals surface area contributed by atoms with E-state index >= 15 is 0 Å². The summed E-state index contributed by atoms with van der Waals surface area (Å²) in [5, 5.41) is 6.15. The quantitative estimate of drug-likeness (QED) is 0.890. The van der Waals surface area contributed by atoms with E-state index < -0.39 is 0 Å². The van der Waals surface area contributed by atoms with Gasteiger partial charge in [-0.3, -0.25) is 4.79 Å². The van der Waals surface area contributed by atoms with Crippen molar-refractivity contribution < 1.29 is 9.18 Å². The number of hydrogen-bond acceptors (Lipinski definition) is 2. The van der Waals surface area contributed by atoms with Gasteiger partial charge in [-0.1, -0.05) is 0 Å². The molecule has 1 heterocycles. The highest BCUT2D eigenvalue weighted by Gasteiger charge is 2.14. The third-order valence-corrected chi connectivity index (χ3v) is 4.04. The van der Waals surface area contributed by atoms with Gasteiger partial charge in [-0.25, -0.2) is 4.39 Å². The number of nitrogens with one attached hydrogen (secondary N) is 2. The van der Waals surface area contributed by atoms with Crippen molar-refractivity contribution in [2.75, 3.05) is 18.4 Å². The smallest absolute Gasteiger partial charge is 0.224 e. The van der Waals surface area contributed by atoms with Crippen molar-refractivity contribution in [3.63, 3.8) is 0 Å². The minimum absolute atomic E-state index is 0.0159. The molecule has 1 saturated heterocycles. The zero-order valence-corrected chi connectivity index (χ0v) is 12.3. The summed E-state index contributed by atoms with van der Waals surface area (Å²) in [5.41, 5.74) is 0.619. The van der Waals surface area contributed by atoms with Crippen LogP contribution >= 0.6 is 15.9 Å². The Hall–Kier alpha value is -0.940. The van der Waals surface area contributed by atoms with Crippen LogP contribution < -0.4 is 10.6 Å². The van der Waals surface area contributed by atoms with Crippen LogP contribution in [-0.4, -0.2) is 19.0 Å². The molecule has 2 N–H and O–H groups in total. The highest BCUT2D eigenvalue weighted by Crippen LogP contribution is 2.23. The molecular weight excluding hydrogens is 311 g/mol. The molecule has 19 heavy (non-hydrogen) atoms. The second kappa shape index (κ2) is 7.01. The predicted molar refractivity (Wildman–Crippen MR) is 77.6 cm³/mol. The summed E-state index contributed by atoms with van der Waals surface area (Å²) in [4.78, 5) is 11.8. The van der Waals surface area contributed by atoms with Gasteiger partial charge in [0.1, 0.15) is 5.82 Å². The Labute approximate surface area is 121 Å². The molecule has 3 nitrogen and oxygen atoms in total. The maximum atomic E-state index is 12.9. The minimum atomic E-state index is -0.321. The SMILES string of the molecule is O=C(CCC1CCCNC1)Nc1ccc(F)cc1Br. The van der Waals surface area contributed by atoms with Crippen molar-refractivity contribution in [1.29, 1.82) is 0 Å². The van der Waals surface area contributed by atoms with E-state index in [0.29, 0.717) is 22.5 Å². The lowest BCUT2D eigenvalue weighted by atomic mass is 9.94. The van der Waals surface area contributed by atoms with Crippen LogP contribution in [0, 0.1) is 11.7 Å². The molecule has 1 aromatic rings. The van der Waals surface area contributed by atoms with Crippen LogP contribution in [-0.2, 0) is 4.79 Å². The van der Waals surface area contributed by atoms with Gasteiger partial charge < -0.3 is 10.6 Å². The van der Waals surface area contributed by atoms with Crippen LogP contribution in [0.2, 0.25) is 0 Å². The molecule has 1 aliphatic heterocycles. The van der Waals surface area contributed by atoms with E-state index in [-0.39, 0.29) is 11.7 Å². The molecule has 1 atom stereocenters. The molecular formula is C14H18BrFN2O. The first kappa shape index (κ1) is 14.5. The second-order valence-corrected chi connectivity index (χ2v) is 5.78. The zero-order valence-electron chi connectivity index (χ0n) is 10.7. The molecule has 0 spiro atoms. The summed E-state index contributed by atoms with van der Waals surface area (Å²) in [7, 11) is 0. The van der Waals surface area contributed by atoms with E-state index in [0.717, 1.165) is 19.5 Å². The van der Waals surface area contributed by atoms with E-state index in [2.05, 4.69) is 26.6 Å². The maximum Gasteiger partial charge on any atom is 0.224 e. The van der Waals surface area contributed by atoms with E-state index in [1.807, 2.05) is 0 Å². The number of amides is 1. The molecule has 2 rings (SSSR count). The minimum Gasteiger partial charge on any atom is -0.325 e. The van der Waals surface area contributed by atoms with Gasteiger partial charge >= 0.3 is 0 Å². The Morgan fingerprint density at radius 1 is 1.53 bits per heavy atom. The number of carbonyl (C=O) groups excluding carboxylic acids is 1. The molecule has 0 bridgehead atoms. The molecule has 1 fully saturated rings. The van der Waals surface area contributed by atoms with E-state index in [4.69, 9.17) is 0 Å². The largest absolute Gasteiger partial charge is 0.325 e. The average Bonchev–Trinajstić information content (AvgIpc) is 2.41. The lowest BCUT2D eigenvalue weighted by Crippen LogP contribution is -2.30. The molecule has 1 unspecified atom stereocenters. The van der Waals surface area contributed by atoms with Crippen molar-refractivity contribution in [2.45, 2.75) is 25.7 Å². The lowest BCUT2D eigenvalue weighted by molar-refractivity contribution is -0.116. The summed E-state index contributed by atoms with van der Waals surface area (Å²) < 4.78 is 13.5. The van der Waals surface area contributed by atoms with Crippen LogP contribution in [0.3, 0.4) is 0 Å². The number of piperidine rings is 1. The van der Waals surface area contributed by atoms with Crippen LogP contribution in [0.25, 0.3) is 0 Å². The van der Waals surface area contributed by atoms with Gasteiger partial charge in [0.25, 0.3) is 0 Å². The van der Waals surface area contributed by atoms with Gasteiger partial charge in [0, 0.05) is 10.9 Å². The summed E-state index contributed by atoms with van der Waals surface area (Å²) in [6.07, 6.45) is 3.80. The third kappa shape index (κ3) is 4.58. The second-order valence-electron chi connectivity index (χ2n) is 4.92. The molecule has 5 heteroatoms. The number of carbonyl (C=O) groups is 1. The van der Waals surface area contributed by atoms with Crippen LogP contribution in [0.5, 0.6) is 0 Å². The van der Waals surface area contributed by atoms with Crippen LogP contribution in [0.1, 0.15) is 25.7 Å². The predicted octanol–water partition coefficient (Wildman–Crippen LogP) is 3.31. The summed E-state index contributed by atoms with van der Waals surface area (Å²) in [5.74, 6) is 0.257. The van der Waals surface area contributed by atoms with Gasteiger partial charge in [0.15, 0.2) is 0 Å². The van der Waals surface area contributed by atoms with E-state index in [9.17, 15) is 9.18 Å². The highest BCUT2D eigenvalue weighted by atomic mass is 79.9. The summed E-state index contributed by atoms with van der Waals surface area (Å²) in [6.45, 7) is 2.10. The number of anilines is 1. The topological polar surface area (TPSA) is 41.1 Å². The standard InChI is InChI=1S/C14H18BrFN2O/c15-12-8-11(16)4-5-13(12)18-14(19)6-3-10-2-1-7-17-9-10/h4-5,8,10,17H,1-3,6-7,9H2,(H,18,19). The van der Waals surface area contributed by atoms with Gasteiger partial charge in [-0.05, 0) is 72.4 Å². The van der Waals surface area contributed by atoms with Crippen molar-refractivity contribution in [1.82, 2.24) is 5.32 Å². The highest BCUT2D eigenvalue weighted by molar-refractivity contribution is 9.10. The molecule has 104 valence electrons. The van der Waals surface area contributed by atoms with Crippen molar-refractivity contribution >= 4 is 27.5 Å². The number of halogens is 2. The van der Waals surface area contributed by atoms with Crippen molar-refractivity contribution in [3.05, 3.63) is 28.5 Å². The molecule has 0 aliphatic carbocycles. The number of hydrogen-bond donors (Lipinski definition) is 2. The van der Waals surface area contributed by atoms with Gasteiger partial charge in [0.2, 0.25) is 5.91 Å². The molecule has 1 aromatic carbocycles. The fraction of sp³-hybridized carbons (Fsp3) is 0.500. The first-order valence-corrected chi connectivity index (χ1v) is 7.40. The van der Waals surface area contributed by atoms with Crippen molar-refractivity contribution in [3.8, 4) is 0 Å². The normalized spacial score (nSPS) is 19.2. The van der Waals surface area contributed by atoms with Gasteiger partial charge in [-0.15, -0.1) is 0 Å². The van der Waals surface area contributed by atoms with Crippen LogP contribution in [0.4, 0.5) is 10.1 Å². The molecule has 0 radical (unpaired) electrons. The third-order valence-electron chi connectivity index (χ3n) is 3.38. The van der Waals surface area contributed by atoms with Crippen molar-refractivity contribution in [2.24, 2.45) is 5.92 Å². The first-order valence-electron chi connectivity index (χ1n) is 6.61. The van der Waals surface area contributed by atoms with E-state index in [1.54, 1.807) is 6.07 Å². The van der Waals surface area contributed by atoms with Crippen LogP contribution in [0.15, 0.2) is 22.7 Å². The Bertz CT molecular complexity index is 447. The van der Waals surface area contributed by atoms with E-state index in [1.165, 1.54) is 25.0 Å². The monoisotopic (exact) mass is 328 g/mol. The molecule has 0 saturated carbocycles. The number of rotatable bonds is 4. The Balaban J connectivity index is 1.80. The summed E-state index contributed by atoms with van der Waals surface area (Å²) >= 11 is 3.24. The zero-order chi connectivity index (χ0) is 13.7. The molecule has 1 amide bonds. The Morgan fingerprint density at radius 2 is 2.37 bits per heavy atom. The Kier molecular flexibility index (Phi) is 5.34. The fourth-order valence-electron chi connectivity index (χ4n) is 2.31. The Morgan fingerprint density at radius 3 is 3.05 bits per heavy atom.